The van der Waals surface area contributed by atoms with Crippen LogP contribution in [-0.4, -0.2) is 17.6 Å². The highest BCUT2D eigenvalue weighted by Crippen LogP contribution is 2.18. The molecule has 0 aromatic carbocycles. The molecule has 1 heterocycles. The maximum atomic E-state index is 5.56. The molecule has 0 atom stereocenters. The normalized spacial score (nSPS) is 15.3. The van der Waals surface area contributed by atoms with Crippen LogP contribution in [0.5, 0.6) is 0 Å². The van der Waals surface area contributed by atoms with Crippen molar-refractivity contribution in [3.63, 3.8) is 0 Å². The largest absolute Gasteiger partial charge is 0.325 e. The van der Waals surface area contributed by atoms with Crippen molar-refractivity contribution in [3.8, 4) is 0 Å². The standard InChI is InChI=1S/C13H21N3/c14-10-13-6-3-5-12(16-13)4-1-2-9-15-11-7-8-11/h3,5-6,11,15H,1-2,4,7-10,14H2. The highest BCUT2D eigenvalue weighted by Gasteiger charge is 2.19. The van der Waals surface area contributed by atoms with E-state index in [1.165, 1.54) is 31.4 Å². The van der Waals surface area contributed by atoms with Gasteiger partial charge < -0.3 is 11.1 Å². The first kappa shape index (κ1) is 11.6. The molecule has 88 valence electrons. The Labute approximate surface area is 97.5 Å². The molecule has 3 nitrogen and oxygen atoms in total. The minimum Gasteiger partial charge on any atom is -0.325 e. The third-order valence-electron chi connectivity index (χ3n) is 2.94. The van der Waals surface area contributed by atoms with Gasteiger partial charge in [-0.25, -0.2) is 0 Å². The Morgan fingerprint density at radius 3 is 2.81 bits per heavy atom. The Morgan fingerprint density at radius 2 is 2.06 bits per heavy atom. The minimum absolute atomic E-state index is 0.539. The van der Waals surface area contributed by atoms with Crippen LogP contribution in [0, 0.1) is 0 Å². The Balaban J connectivity index is 1.63. The van der Waals surface area contributed by atoms with Crippen LogP contribution < -0.4 is 11.1 Å². The number of hydrogen-bond acceptors (Lipinski definition) is 3. The summed E-state index contributed by atoms with van der Waals surface area (Å²) in [6.07, 6.45) is 6.27. The summed E-state index contributed by atoms with van der Waals surface area (Å²) in [4.78, 5) is 4.49. The summed E-state index contributed by atoms with van der Waals surface area (Å²) in [5.74, 6) is 0. The van der Waals surface area contributed by atoms with Crippen molar-refractivity contribution in [3.05, 3.63) is 29.6 Å². The smallest absolute Gasteiger partial charge is 0.0542 e. The van der Waals surface area contributed by atoms with Crippen molar-refractivity contribution >= 4 is 0 Å². The van der Waals surface area contributed by atoms with Gasteiger partial charge in [0.2, 0.25) is 0 Å². The predicted octanol–water partition coefficient (Wildman–Crippen LogP) is 1.61. The molecule has 1 aliphatic carbocycles. The second-order valence-corrected chi connectivity index (χ2v) is 4.51. The molecule has 1 aromatic rings. The van der Waals surface area contributed by atoms with E-state index in [9.17, 15) is 0 Å². The number of pyridine rings is 1. The fourth-order valence-corrected chi connectivity index (χ4v) is 1.81. The first-order chi connectivity index (χ1) is 7.88. The molecule has 1 aliphatic rings. The van der Waals surface area contributed by atoms with Gasteiger partial charge in [0, 0.05) is 18.3 Å². The van der Waals surface area contributed by atoms with E-state index in [1.807, 2.05) is 12.1 Å². The molecule has 0 radical (unpaired) electrons. The summed E-state index contributed by atoms with van der Waals surface area (Å²) >= 11 is 0. The molecule has 3 heteroatoms. The predicted molar refractivity (Wildman–Crippen MR) is 66.1 cm³/mol. The number of nitrogens with zero attached hydrogens (tertiary/aromatic N) is 1. The molecule has 0 spiro atoms. The van der Waals surface area contributed by atoms with E-state index in [0.717, 1.165) is 24.7 Å². The number of aryl methyl sites for hydroxylation is 1. The van der Waals surface area contributed by atoms with Gasteiger partial charge in [0.25, 0.3) is 0 Å². The van der Waals surface area contributed by atoms with Gasteiger partial charge >= 0.3 is 0 Å². The summed E-state index contributed by atoms with van der Waals surface area (Å²) in [5.41, 5.74) is 7.73. The fourth-order valence-electron chi connectivity index (χ4n) is 1.81. The second kappa shape index (κ2) is 5.97. The molecule has 0 bridgehead atoms. The van der Waals surface area contributed by atoms with Gasteiger partial charge in [-0.2, -0.15) is 0 Å². The van der Waals surface area contributed by atoms with Crippen LogP contribution >= 0.6 is 0 Å². The third-order valence-corrected chi connectivity index (χ3v) is 2.94. The van der Waals surface area contributed by atoms with E-state index in [0.29, 0.717) is 6.54 Å². The Hall–Kier alpha value is -0.930. The third kappa shape index (κ3) is 3.91. The van der Waals surface area contributed by atoms with Gasteiger partial charge in [-0.1, -0.05) is 6.07 Å². The van der Waals surface area contributed by atoms with Gasteiger partial charge in [0.15, 0.2) is 0 Å². The highest BCUT2D eigenvalue weighted by molar-refractivity contribution is 5.11. The van der Waals surface area contributed by atoms with Gasteiger partial charge in [-0.05, 0) is 50.8 Å². The van der Waals surface area contributed by atoms with Crippen molar-refractivity contribution in [2.75, 3.05) is 6.54 Å². The minimum atomic E-state index is 0.539. The van der Waals surface area contributed by atoms with Gasteiger partial charge in [-0.3, -0.25) is 4.98 Å². The first-order valence-electron chi connectivity index (χ1n) is 6.27. The number of aromatic nitrogens is 1. The SMILES string of the molecule is NCc1cccc(CCCCNC2CC2)n1. The quantitative estimate of drug-likeness (QED) is 0.685. The first-order valence-corrected chi connectivity index (χ1v) is 6.27. The van der Waals surface area contributed by atoms with Crippen molar-refractivity contribution in [2.45, 2.75) is 44.7 Å². The van der Waals surface area contributed by atoms with Crippen molar-refractivity contribution in [2.24, 2.45) is 5.73 Å². The maximum Gasteiger partial charge on any atom is 0.0542 e. The molecule has 1 fully saturated rings. The second-order valence-electron chi connectivity index (χ2n) is 4.51. The fraction of sp³-hybridized carbons (Fsp3) is 0.615. The number of nitrogens with one attached hydrogen (secondary N) is 1. The van der Waals surface area contributed by atoms with Crippen molar-refractivity contribution in [1.82, 2.24) is 10.3 Å². The zero-order valence-electron chi connectivity index (χ0n) is 9.78. The van der Waals surface area contributed by atoms with Crippen LogP contribution in [0.4, 0.5) is 0 Å². The Kier molecular flexibility index (Phi) is 4.31. The van der Waals surface area contributed by atoms with E-state index in [2.05, 4.69) is 16.4 Å². The summed E-state index contributed by atoms with van der Waals surface area (Å²) in [6.45, 7) is 1.69. The Morgan fingerprint density at radius 1 is 1.25 bits per heavy atom. The molecule has 2 rings (SSSR count). The van der Waals surface area contributed by atoms with Crippen LogP contribution in [0.15, 0.2) is 18.2 Å². The summed E-state index contributed by atoms with van der Waals surface area (Å²) in [7, 11) is 0. The summed E-state index contributed by atoms with van der Waals surface area (Å²) < 4.78 is 0. The average Bonchev–Trinajstić information content (AvgIpc) is 3.13. The lowest BCUT2D eigenvalue weighted by molar-refractivity contribution is 0.616. The maximum absolute atomic E-state index is 5.56. The molecule has 16 heavy (non-hydrogen) atoms. The van der Waals surface area contributed by atoms with Gasteiger partial charge in [0.1, 0.15) is 0 Å². The van der Waals surface area contributed by atoms with Crippen molar-refractivity contribution < 1.29 is 0 Å². The van der Waals surface area contributed by atoms with Crippen LogP contribution in [0.2, 0.25) is 0 Å². The lowest BCUT2D eigenvalue weighted by atomic mass is 10.1. The van der Waals surface area contributed by atoms with Gasteiger partial charge in [-0.15, -0.1) is 0 Å². The molecule has 0 aliphatic heterocycles. The van der Waals surface area contributed by atoms with E-state index in [4.69, 9.17) is 5.73 Å². The number of hydrogen-bond donors (Lipinski definition) is 2. The van der Waals surface area contributed by atoms with Crippen LogP contribution in [-0.2, 0) is 13.0 Å². The lowest BCUT2D eigenvalue weighted by Gasteiger charge is -2.04. The molecule has 1 saturated carbocycles. The molecule has 0 unspecified atom stereocenters. The van der Waals surface area contributed by atoms with E-state index >= 15 is 0 Å². The molecule has 1 aromatic heterocycles. The lowest BCUT2D eigenvalue weighted by Crippen LogP contribution is -2.17. The zero-order chi connectivity index (χ0) is 11.2. The zero-order valence-corrected chi connectivity index (χ0v) is 9.78. The van der Waals surface area contributed by atoms with Crippen LogP contribution in [0.1, 0.15) is 37.1 Å². The van der Waals surface area contributed by atoms with Gasteiger partial charge in [0.05, 0.1) is 5.69 Å². The molecular weight excluding hydrogens is 198 g/mol. The molecule has 0 saturated heterocycles. The Bertz CT molecular complexity index is 321. The monoisotopic (exact) mass is 219 g/mol. The van der Waals surface area contributed by atoms with Crippen LogP contribution in [0.25, 0.3) is 0 Å². The number of nitrogens with two attached hydrogens (primary N) is 1. The molecule has 3 N–H and O–H groups in total. The highest BCUT2D eigenvalue weighted by atomic mass is 14.9. The average molecular weight is 219 g/mol. The van der Waals surface area contributed by atoms with E-state index in [1.54, 1.807) is 0 Å². The molecule has 0 amide bonds. The van der Waals surface area contributed by atoms with Crippen molar-refractivity contribution in [1.29, 1.82) is 0 Å². The summed E-state index contributed by atoms with van der Waals surface area (Å²) in [6, 6.07) is 6.96. The van der Waals surface area contributed by atoms with E-state index in [-0.39, 0.29) is 0 Å². The summed E-state index contributed by atoms with van der Waals surface area (Å²) in [5, 5.41) is 3.53. The van der Waals surface area contributed by atoms with E-state index < -0.39 is 0 Å². The molecular formula is C13H21N3. The number of rotatable bonds is 7. The topological polar surface area (TPSA) is 50.9 Å². The number of unbranched alkanes of at least 4 members (excludes halogenated alkanes) is 1. The van der Waals surface area contributed by atoms with Crippen LogP contribution in [0.3, 0.4) is 0 Å².